The van der Waals surface area contributed by atoms with Crippen molar-refractivity contribution in [2.75, 3.05) is 40.5 Å². The molecule has 1 N–H and O–H groups in total. The number of rotatable bonds is 5. The summed E-state index contributed by atoms with van der Waals surface area (Å²) in [6, 6.07) is 9.23. The lowest BCUT2D eigenvalue weighted by molar-refractivity contribution is -0.150. The van der Waals surface area contributed by atoms with Crippen LogP contribution in [0.1, 0.15) is 16.8 Å². The number of carbonyl (C=O) groups is 2. The first-order valence-electron chi connectivity index (χ1n) is 8.55. The molecule has 1 aliphatic heterocycles. The molecule has 0 bridgehead atoms. The molecule has 7 nitrogen and oxygen atoms in total. The normalized spacial score (nSPS) is 20.2. The Morgan fingerprint density at radius 3 is 2.96 bits per heavy atom. The number of hydrogen-bond donors (Lipinski definition) is 1. The second-order valence-corrected chi connectivity index (χ2v) is 6.42. The van der Waals surface area contributed by atoms with Gasteiger partial charge in [0, 0.05) is 37.8 Å². The number of aromatic nitrogens is 1. The van der Waals surface area contributed by atoms with Crippen molar-refractivity contribution in [2.45, 2.75) is 12.0 Å². The van der Waals surface area contributed by atoms with E-state index in [1.54, 1.807) is 31.3 Å². The number of methoxy groups -OCH3 is 1. The zero-order valence-corrected chi connectivity index (χ0v) is 15.0. The number of fused-ring (bicyclic) bond motifs is 1. The average molecular weight is 357 g/mol. The van der Waals surface area contributed by atoms with E-state index >= 15 is 0 Å². The maximum absolute atomic E-state index is 13.2. The summed E-state index contributed by atoms with van der Waals surface area (Å²) in [5, 5.41) is 3.42. The highest BCUT2D eigenvalue weighted by Gasteiger charge is 2.40. The second kappa shape index (κ2) is 7.80. The molecular weight excluding hydrogens is 334 g/mol. The van der Waals surface area contributed by atoms with Gasteiger partial charge in [-0.05, 0) is 18.2 Å². The Morgan fingerprint density at radius 2 is 2.19 bits per heavy atom. The van der Waals surface area contributed by atoms with Crippen molar-refractivity contribution < 1.29 is 19.1 Å². The number of pyridine rings is 1. The van der Waals surface area contributed by atoms with Crippen LogP contribution in [0.4, 0.5) is 0 Å². The van der Waals surface area contributed by atoms with Crippen molar-refractivity contribution in [2.24, 2.45) is 0 Å². The second-order valence-electron chi connectivity index (χ2n) is 6.42. The summed E-state index contributed by atoms with van der Waals surface area (Å²) < 4.78 is 11.2. The van der Waals surface area contributed by atoms with Crippen LogP contribution in [0.15, 0.2) is 36.5 Å². The maximum atomic E-state index is 13.2. The third-order valence-electron chi connectivity index (χ3n) is 4.58. The molecule has 0 radical (unpaired) electrons. The van der Waals surface area contributed by atoms with Gasteiger partial charge in [-0.3, -0.25) is 14.6 Å². The molecule has 1 fully saturated rings. The van der Waals surface area contributed by atoms with E-state index < -0.39 is 5.60 Å². The Bertz CT molecular complexity index is 801. The molecule has 1 aromatic heterocycles. The van der Waals surface area contributed by atoms with E-state index in [9.17, 15) is 9.59 Å². The number of amides is 2. The summed E-state index contributed by atoms with van der Waals surface area (Å²) in [5.74, 6) is -0.241. The number of carbonyl (C=O) groups excluding carboxylic acids is 2. The van der Waals surface area contributed by atoms with Gasteiger partial charge in [0.05, 0.1) is 31.7 Å². The topological polar surface area (TPSA) is 80.8 Å². The first kappa shape index (κ1) is 18.3. The molecule has 1 atom stereocenters. The van der Waals surface area contributed by atoms with Crippen LogP contribution >= 0.6 is 0 Å². The largest absolute Gasteiger partial charge is 0.382 e. The third kappa shape index (κ3) is 3.68. The quantitative estimate of drug-likeness (QED) is 0.870. The van der Waals surface area contributed by atoms with Crippen molar-refractivity contribution in [3.8, 4) is 0 Å². The van der Waals surface area contributed by atoms with Gasteiger partial charge in [0.15, 0.2) is 0 Å². The van der Waals surface area contributed by atoms with Gasteiger partial charge < -0.3 is 19.7 Å². The molecule has 138 valence electrons. The smallest absolute Gasteiger partial charge is 0.254 e. The number of nitrogens with one attached hydrogen (secondary N) is 1. The van der Waals surface area contributed by atoms with Gasteiger partial charge in [-0.15, -0.1) is 0 Å². The van der Waals surface area contributed by atoms with E-state index in [-0.39, 0.29) is 24.8 Å². The van der Waals surface area contributed by atoms with Gasteiger partial charge in [-0.1, -0.05) is 12.1 Å². The summed E-state index contributed by atoms with van der Waals surface area (Å²) in [4.78, 5) is 31.1. The fourth-order valence-corrected chi connectivity index (χ4v) is 3.37. The maximum Gasteiger partial charge on any atom is 0.254 e. The summed E-state index contributed by atoms with van der Waals surface area (Å²) in [7, 11) is 3.14. The number of ether oxygens (including phenoxy) is 2. The lowest BCUT2D eigenvalue weighted by Crippen LogP contribution is -2.57. The number of hydrogen-bond acceptors (Lipinski definition) is 5. The first-order chi connectivity index (χ1) is 12.6. The highest BCUT2D eigenvalue weighted by atomic mass is 16.5. The zero-order valence-electron chi connectivity index (χ0n) is 15.0. The molecule has 2 heterocycles. The Labute approximate surface area is 152 Å². The molecule has 1 aliphatic rings. The average Bonchev–Trinajstić information content (AvgIpc) is 2.67. The molecule has 0 aliphatic carbocycles. The van der Waals surface area contributed by atoms with Crippen LogP contribution in [0.25, 0.3) is 10.9 Å². The van der Waals surface area contributed by atoms with Crippen molar-refractivity contribution in [1.82, 2.24) is 15.2 Å². The Hall–Kier alpha value is -2.51. The van der Waals surface area contributed by atoms with Crippen molar-refractivity contribution in [1.29, 1.82) is 0 Å². The zero-order chi connectivity index (χ0) is 18.6. The minimum atomic E-state index is -0.842. The van der Waals surface area contributed by atoms with Crippen molar-refractivity contribution in [3.05, 3.63) is 42.1 Å². The summed E-state index contributed by atoms with van der Waals surface area (Å²) >= 11 is 0. The predicted molar refractivity (Wildman–Crippen MR) is 96.9 cm³/mol. The molecule has 2 aromatic rings. The predicted octanol–water partition coefficient (Wildman–Crippen LogP) is 1.23. The van der Waals surface area contributed by atoms with Crippen LogP contribution in [0.5, 0.6) is 0 Å². The van der Waals surface area contributed by atoms with E-state index in [0.29, 0.717) is 25.3 Å². The van der Waals surface area contributed by atoms with Crippen LogP contribution in [0.2, 0.25) is 0 Å². The summed E-state index contributed by atoms with van der Waals surface area (Å²) in [6.45, 7) is 1.36. The molecule has 1 saturated heterocycles. The van der Waals surface area contributed by atoms with E-state index in [2.05, 4.69) is 10.3 Å². The van der Waals surface area contributed by atoms with E-state index in [1.165, 1.54) is 0 Å². The molecule has 1 aromatic carbocycles. The first-order valence-corrected chi connectivity index (χ1v) is 8.55. The van der Waals surface area contributed by atoms with Gasteiger partial charge in [-0.25, -0.2) is 0 Å². The van der Waals surface area contributed by atoms with Crippen molar-refractivity contribution in [3.63, 3.8) is 0 Å². The SMILES string of the molecule is CNC(=O)C[C@@]1(COC)CN(C(=O)c2cccc3ncccc23)CCO1. The van der Waals surface area contributed by atoms with Crippen LogP contribution in [-0.2, 0) is 14.3 Å². The molecular formula is C19H23N3O4. The summed E-state index contributed by atoms with van der Waals surface area (Å²) in [6.07, 6.45) is 1.84. The van der Waals surface area contributed by atoms with Gasteiger partial charge in [0.1, 0.15) is 5.60 Å². The standard InChI is InChI=1S/C19H23N3O4/c1-20-17(23)11-19(13-25-2)12-22(9-10-26-19)18(24)15-5-3-7-16-14(15)6-4-8-21-16/h3-8H,9-13H2,1-2H3,(H,20,23)/t19-/m0/s1. The number of benzene rings is 1. The van der Waals surface area contributed by atoms with Crippen LogP contribution in [0, 0.1) is 0 Å². The monoisotopic (exact) mass is 357 g/mol. The molecule has 0 saturated carbocycles. The highest BCUT2D eigenvalue weighted by molar-refractivity contribution is 6.06. The molecule has 0 unspecified atom stereocenters. The third-order valence-corrected chi connectivity index (χ3v) is 4.58. The molecule has 26 heavy (non-hydrogen) atoms. The number of morpholine rings is 1. The van der Waals surface area contributed by atoms with E-state index in [4.69, 9.17) is 9.47 Å². The lowest BCUT2D eigenvalue weighted by Gasteiger charge is -2.42. The Morgan fingerprint density at radius 1 is 1.35 bits per heavy atom. The Kier molecular flexibility index (Phi) is 5.49. The minimum absolute atomic E-state index is 0.0933. The van der Waals surface area contributed by atoms with Crippen LogP contribution in [-0.4, -0.2) is 67.8 Å². The van der Waals surface area contributed by atoms with Gasteiger partial charge >= 0.3 is 0 Å². The van der Waals surface area contributed by atoms with Gasteiger partial charge in [0.25, 0.3) is 5.91 Å². The molecule has 0 spiro atoms. The fraction of sp³-hybridized carbons (Fsp3) is 0.421. The number of nitrogens with zero attached hydrogens (tertiary/aromatic N) is 2. The lowest BCUT2D eigenvalue weighted by atomic mass is 9.96. The molecule has 3 rings (SSSR count). The van der Waals surface area contributed by atoms with E-state index in [0.717, 1.165) is 10.9 Å². The van der Waals surface area contributed by atoms with E-state index in [1.807, 2.05) is 24.3 Å². The van der Waals surface area contributed by atoms with Crippen LogP contribution in [0.3, 0.4) is 0 Å². The van der Waals surface area contributed by atoms with Crippen molar-refractivity contribution >= 4 is 22.7 Å². The Balaban J connectivity index is 1.88. The van der Waals surface area contributed by atoms with Gasteiger partial charge in [-0.2, -0.15) is 0 Å². The minimum Gasteiger partial charge on any atom is -0.382 e. The molecule has 2 amide bonds. The highest BCUT2D eigenvalue weighted by Crippen LogP contribution is 2.26. The fourth-order valence-electron chi connectivity index (χ4n) is 3.37. The molecule has 7 heteroatoms. The van der Waals surface area contributed by atoms with Crippen LogP contribution < -0.4 is 5.32 Å². The summed E-state index contributed by atoms with van der Waals surface area (Å²) in [5.41, 5.74) is 0.537. The van der Waals surface area contributed by atoms with Gasteiger partial charge in [0.2, 0.25) is 5.91 Å².